The highest BCUT2D eigenvalue weighted by atomic mass is 16.5. The molecule has 1 aromatic carbocycles. The van der Waals surface area contributed by atoms with Crippen LogP contribution in [-0.2, 0) is 0 Å². The Balaban J connectivity index is 3.53. The average Bonchev–Trinajstić information content (AvgIpc) is 2.11. The van der Waals surface area contributed by atoms with Crippen molar-refractivity contribution in [3.05, 3.63) is 22.8 Å². The number of carbonyl (C=O) groups excluding carboxylic acids is 1. The molecule has 0 aromatic heterocycles. The van der Waals surface area contributed by atoms with E-state index in [1.165, 1.54) is 14.0 Å². The monoisotopic (exact) mass is 194 g/mol. The Labute approximate surface area is 83.3 Å². The fourth-order valence-electron chi connectivity index (χ4n) is 1.46. The van der Waals surface area contributed by atoms with Gasteiger partial charge in [-0.2, -0.15) is 0 Å². The van der Waals surface area contributed by atoms with E-state index in [0.717, 1.165) is 11.1 Å². The summed E-state index contributed by atoms with van der Waals surface area (Å²) in [6, 6.07) is 1.72. The number of hydrogen-bond acceptors (Lipinski definition) is 3. The zero-order chi connectivity index (χ0) is 10.9. The summed E-state index contributed by atoms with van der Waals surface area (Å²) in [5.41, 5.74) is 2.09. The number of hydrogen-bond donors (Lipinski definition) is 1. The highest BCUT2D eigenvalue weighted by molar-refractivity contribution is 5.99. The van der Waals surface area contributed by atoms with Gasteiger partial charge in [-0.05, 0) is 38.0 Å². The van der Waals surface area contributed by atoms with Gasteiger partial charge in [0.2, 0.25) is 0 Å². The third-order valence-electron chi connectivity index (χ3n) is 2.36. The molecule has 1 N–H and O–H groups in total. The van der Waals surface area contributed by atoms with Crippen molar-refractivity contribution in [1.82, 2.24) is 0 Å². The molecule has 76 valence electrons. The minimum absolute atomic E-state index is 0.0666. The van der Waals surface area contributed by atoms with E-state index in [-0.39, 0.29) is 11.5 Å². The number of aromatic hydroxyl groups is 1. The summed E-state index contributed by atoms with van der Waals surface area (Å²) in [5.74, 6) is 0.128. The molecule has 0 bridgehead atoms. The number of methoxy groups -OCH3 is 1. The second kappa shape index (κ2) is 3.70. The predicted molar refractivity (Wildman–Crippen MR) is 54.1 cm³/mol. The molecule has 1 rings (SSSR count). The van der Waals surface area contributed by atoms with Crippen molar-refractivity contribution in [2.45, 2.75) is 20.8 Å². The molecule has 3 heteroatoms. The maximum atomic E-state index is 11.3. The van der Waals surface area contributed by atoms with Gasteiger partial charge in [-0.25, -0.2) is 0 Å². The van der Waals surface area contributed by atoms with E-state index >= 15 is 0 Å². The molecule has 0 atom stereocenters. The summed E-state index contributed by atoms with van der Waals surface area (Å²) in [5, 5.41) is 9.72. The number of ether oxygens (including phenoxy) is 1. The minimum atomic E-state index is -0.151. The van der Waals surface area contributed by atoms with Crippen LogP contribution in [0.5, 0.6) is 11.5 Å². The molecule has 0 aliphatic rings. The average molecular weight is 194 g/mol. The van der Waals surface area contributed by atoms with Gasteiger partial charge in [-0.1, -0.05) is 0 Å². The Bertz CT molecular complexity index is 381. The van der Waals surface area contributed by atoms with Crippen molar-refractivity contribution in [2.24, 2.45) is 0 Å². The molecule has 0 fully saturated rings. The van der Waals surface area contributed by atoms with Crippen molar-refractivity contribution >= 4 is 5.78 Å². The van der Waals surface area contributed by atoms with Crippen LogP contribution in [0.3, 0.4) is 0 Å². The van der Waals surface area contributed by atoms with Gasteiger partial charge in [-0.3, -0.25) is 4.79 Å². The largest absolute Gasteiger partial charge is 0.504 e. The van der Waals surface area contributed by atoms with Crippen molar-refractivity contribution in [3.63, 3.8) is 0 Å². The topological polar surface area (TPSA) is 46.5 Å². The second-order valence-electron chi connectivity index (χ2n) is 3.30. The van der Waals surface area contributed by atoms with E-state index < -0.39 is 0 Å². The van der Waals surface area contributed by atoms with E-state index in [1.807, 2.05) is 13.8 Å². The molecular formula is C11H14O3. The van der Waals surface area contributed by atoms with Crippen molar-refractivity contribution in [2.75, 3.05) is 7.11 Å². The van der Waals surface area contributed by atoms with Gasteiger partial charge in [-0.15, -0.1) is 0 Å². The van der Waals surface area contributed by atoms with Crippen LogP contribution >= 0.6 is 0 Å². The summed E-state index contributed by atoms with van der Waals surface area (Å²) in [6.07, 6.45) is 0. The normalized spacial score (nSPS) is 10.0. The zero-order valence-electron chi connectivity index (χ0n) is 8.84. The number of ketones is 1. The van der Waals surface area contributed by atoms with Crippen LogP contribution in [0, 0.1) is 13.8 Å². The Kier molecular flexibility index (Phi) is 2.79. The SMILES string of the molecule is COc1cc(C)c(C)c(C(C)=O)c1O. The number of carbonyl (C=O) groups is 1. The van der Waals surface area contributed by atoms with E-state index in [0.29, 0.717) is 11.3 Å². The third-order valence-corrected chi connectivity index (χ3v) is 2.36. The number of phenols is 1. The van der Waals surface area contributed by atoms with Crippen LogP contribution in [0.25, 0.3) is 0 Å². The first-order chi connectivity index (χ1) is 6.49. The molecule has 3 nitrogen and oxygen atoms in total. The van der Waals surface area contributed by atoms with Crippen LogP contribution in [0.4, 0.5) is 0 Å². The number of aryl methyl sites for hydroxylation is 1. The molecular weight excluding hydrogens is 180 g/mol. The molecule has 0 unspecified atom stereocenters. The van der Waals surface area contributed by atoms with Crippen LogP contribution in [0.2, 0.25) is 0 Å². The quantitative estimate of drug-likeness (QED) is 0.734. The lowest BCUT2D eigenvalue weighted by molar-refractivity contribution is 0.101. The number of Topliss-reactive ketones (excluding diaryl/α,β-unsaturated/α-hetero) is 1. The summed E-state index contributed by atoms with van der Waals surface area (Å²) in [4.78, 5) is 11.3. The van der Waals surface area contributed by atoms with Crippen LogP contribution < -0.4 is 4.74 Å². The van der Waals surface area contributed by atoms with E-state index in [1.54, 1.807) is 6.07 Å². The number of phenolic OH excluding ortho intramolecular Hbond substituents is 1. The fourth-order valence-corrected chi connectivity index (χ4v) is 1.46. The van der Waals surface area contributed by atoms with Crippen LogP contribution in [0.1, 0.15) is 28.4 Å². The summed E-state index contributed by atoms with van der Waals surface area (Å²) in [6.45, 7) is 5.12. The third kappa shape index (κ3) is 1.58. The van der Waals surface area contributed by atoms with Gasteiger partial charge < -0.3 is 9.84 Å². The molecule has 0 radical (unpaired) electrons. The highest BCUT2D eigenvalue weighted by Crippen LogP contribution is 2.34. The number of benzene rings is 1. The first kappa shape index (κ1) is 10.6. The first-order valence-electron chi connectivity index (χ1n) is 4.37. The van der Waals surface area contributed by atoms with Gasteiger partial charge in [0.05, 0.1) is 12.7 Å². The van der Waals surface area contributed by atoms with Crippen molar-refractivity contribution in [1.29, 1.82) is 0 Å². The Morgan fingerprint density at radius 2 is 2.00 bits per heavy atom. The van der Waals surface area contributed by atoms with Crippen LogP contribution in [0.15, 0.2) is 6.07 Å². The molecule has 1 aromatic rings. The summed E-state index contributed by atoms with van der Waals surface area (Å²) < 4.78 is 4.97. The molecule has 0 heterocycles. The molecule has 0 aliphatic carbocycles. The lowest BCUT2D eigenvalue weighted by atomic mass is 9.99. The van der Waals surface area contributed by atoms with E-state index in [9.17, 15) is 9.90 Å². The lowest BCUT2D eigenvalue weighted by Gasteiger charge is -2.12. The van der Waals surface area contributed by atoms with E-state index in [4.69, 9.17) is 4.74 Å². The first-order valence-corrected chi connectivity index (χ1v) is 4.37. The summed E-state index contributed by atoms with van der Waals surface area (Å²) >= 11 is 0. The maximum absolute atomic E-state index is 11.3. The molecule has 0 aliphatic heterocycles. The zero-order valence-corrected chi connectivity index (χ0v) is 8.84. The van der Waals surface area contributed by atoms with Crippen molar-refractivity contribution in [3.8, 4) is 11.5 Å². The lowest BCUT2D eigenvalue weighted by Crippen LogP contribution is -2.01. The molecule has 0 saturated heterocycles. The molecule has 0 spiro atoms. The Morgan fingerprint density at radius 1 is 1.43 bits per heavy atom. The van der Waals surface area contributed by atoms with Gasteiger partial charge >= 0.3 is 0 Å². The minimum Gasteiger partial charge on any atom is -0.504 e. The standard InChI is InChI=1S/C11H14O3/c1-6-5-9(14-4)11(13)10(7(6)2)8(3)12/h5,13H,1-4H3. The van der Waals surface area contributed by atoms with Gasteiger partial charge in [0, 0.05) is 0 Å². The van der Waals surface area contributed by atoms with Gasteiger partial charge in [0.25, 0.3) is 0 Å². The summed E-state index contributed by atoms with van der Waals surface area (Å²) in [7, 11) is 1.47. The van der Waals surface area contributed by atoms with E-state index in [2.05, 4.69) is 0 Å². The Morgan fingerprint density at radius 3 is 2.43 bits per heavy atom. The smallest absolute Gasteiger partial charge is 0.168 e. The second-order valence-corrected chi connectivity index (χ2v) is 3.30. The predicted octanol–water partition coefficient (Wildman–Crippen LogP) is 2.22. The highest BCUT2D eigenvalue weighted by Gasteiger charge is 2.16. The maximum Gasteiger partial charge on any atom is 0.168 e. The molecule has 0 amide bonds. The van der Waals surface area contributed by atoms with Gasteiger partial charge in [0.15, 0.2) is 17.3 Å². The van der Waals surface area contributed by atoms with Crippen molar-refractivity contribution < 1.29 is 14.6 Å². The molecule has 14 heavy (non-hydrogen) atoms. The Hall–Kier alpha value is -1.51. The number of rotatable bonds is 2. The fraction of sp³-hybridized carbons (Fsp3) is 0.364. The van der Waals surface area contributed by atoms with Crippen LogP contribution in [-0.4, -0.2) is 18.0 Å². The van der Waals surface area contributed by atoms with Gasteiger partial charge in [0.1, 0.15) is 0 Å². The molecule has 0 saturated carbocycles.